The number of nitrogens with zero attached hydrogens (tertiary/aromatic N) is 4. The van der Waals surface area contributed by atoms with Gasteiger partial charge in [0.1, 0.15) is 6.54 Å². The minimum absolute atomic E-state index is 0.124. The monoisotopic (exact) mass is 339 g/mol. The molecule has 1 atom stereocenters. The Labute approximate surface area is 145 Å². The molecule has 2 aromatic heterocycles. The van der Waals surface area contributed by atoms with Gasteiger partial charge >= 0.3 is 0 Å². The van der Waals surface area contributed by atoms with Gasteiger partial charge in [-0.25, -0.2) is 4.68 Å². The molecule has 0 saturated heterocycles. The van der Waals surface area contributed by atoms with Gasteiger partial charge in [-0.2, -0.15) is 10.2 Å². The fourth-order valence-electron chi connectivity index (χ4n) is 2.90. The summed E-state index contributed by atoms with van der Waals surface area (Å²) in [6.07, 6.45) is 1.51. The minimum Gasteiger partial charge on any atom is -0.348 e. The Morgan fingerprint density at radius 1 is 1.24 bits per heavy atom. The molecule has 7 heteroatoms. The number of aryl methyl sites for hydroxylation is 3. The molecule has 25 heavy (non-hydrogen) atoms. The van der Waals surface area contributed by atoms with Crippen LogP contribution in [0.4, 0.5) is 0 Å². The lowest BCUT2D eigenvalue weighted by molar-refractivity contribution is -0.122. The van der Waals surface area contributed by atoms with Crippen LogP contribution >= 0.6 is 0 Å². The Kier molecular flexibility index (Phi) is 4.39. The van der Waals surface area contributed by atoms with Crippen molar-refractivity contribution in [3.63, 3.8) is 0 Å². The zero-order valence-electron chi connectivity index (χ0n) is 14.8. The number of carbonyl (C=O) groups is 1. The van der Waals surface area contributed by atoms with Gasteiger partial charge in [-0.15, -0.1) is 0 Å². The third kappa shape index (κ3) is 3.31. The lowest BCUT2D eigenvalue weighted by Crippen LogP contribution is -2.35. The van der Waals surface area contributed by atoms with Crippen molar-refractivity contribution in [3.8, 4) is 0 Å². The SMILES string of the molecule is Cc1ccc([C@H](C)NC(=O)Cn2nc(C)c3c(cnn3C)c2=O)cc1. The van der Waals surface area contributed by atoms with Gasteiger partial charge in [0.15, 0.2) is 0 Å². The zero-order valence-corrected chi connectivity index (χ0v) is 14.8. The molecule has 3 rings (SSSR count). The molecule has 0 spiro atoms. The van der Waals surface area contributed by atoms with Crippen molar-refractivity contribution in [1.82, 2.24) is 24.9 Å². The van der Waals surface area contributed by atoms with E-state index >= 15 is 0 Å². The summed E-state index contributed by atoms with van der Waals surface area (Å²) in [7, 11) is 1.76. The lowest BCUT2D eigenvalue weighted by atomic mass is 10.1. The summed E-state index contributed by atoms with van der Waals surface area (Å²) in [6.45, 7) is 5.60. The molecule has 0 aliphatic carbocycles. The molecule has 1 amide bonds. The van der Waals surface area contributed by atoms with Crippen molar-refractivity contribution in [3.05, 3.63) is 57.6 Å². The van der Waals surface area contributed by atoms with Crippen LogP contribution in [0.3, 0.4) is 0 Å². The smallest absolute Gasteiger partial charge is 0.278 e. The van der Waals surface area contributed by atoms with E-state index in [1.54, 1.807) is 18.7 Å². The number of hydrogen-bond donors (Lipinski definition) is 1. The van der Waals surface area contributed by atoms with Crippen molar-refractivity contribution in [2.75, 3.05) is 0 Å². The molecule has 0 aliphatic rings. The van der Waals surface area contributed by atoms with E-state index in [-0.39, 0.29) is 24.1 Å². The predicted molar refractivity (Wildman–Crippen MR) is 95.2 cm³/mol. The Hall–Kier alpha value is -2.96. The highest BCUT2D eigenvalue weighted by Crippen LogP contribution is 2.13. The molecule has 1 N–H and O–H groups in total. The summed E-state index contributed by atoms with van der Waals surface area (Å²) in [4.78, 5) is 24.8. The second kappa shape index (κ2) is 6.51. The Morgan fingerprint density at radius 2 is 1.92 bits per heavy atom. The quantitative estimate of drug-likeness (QED) is 0.783. The number of hydrogen-bond acceptors (Lipinski definition) is 4. The molecule has 2 heterocycles. The van der Waals surface area contributed by atoms with E-state index in [0.717, 1.165) is 5.56 Å². The summed E-state index contributed by atoms with van der Waals surface area (Å²) in [6, 6.07) is 7.83. The first-order valence-electron chi connectivity index (χ1n) is 8.12. The minimum atomic E-state index is -0.313. The van der Waals surface area contributed by atoms with Crippen LogP contribution in [0, 0.1) is 13.8 Å². The molecule has 1 aromatic carbocycles. The number of fused-ring (bicyclic) bond motifs is 1. The molecular weight excluding hydrogens is 318 g/mol. The van der Waals surface area contributed by atoms with Gasteiger partial charge < -0.3 is 5.32 Å². The van der Waals surface area contributed by atoms with Crippen LogP contribution in [0.15, 0.2) is 35.3 Å². The molecule has 0 unspecified atom stereocenters. The fourth-order valence-corrected chi connectivity index (χ4v) is 2.90. The lowest BCUT2D eigenvalue weighted by Gasteiger charge is -2.15. The van der Waals surface area contributed by atoms with Crippen LogP contribution in [-0.2, 0) is 18.4 Å². The number of benzene rings is 1. The average Bonchev–Trinajstić information content (AvgIpc) is 2.95. The first kappa shape index (κ1) is 16.9. The molecule has 0 saturated carbocycles. The normalized spacial score (nSPS) is 12.3. The van der Waals surface area contributed by atoms with Gasteiger partial charge in [0, 0.05) is 7.05 Å². The number of amides is 1. The van der Waals surface area contributed by atoms with Gasteiger partial charge in [0.05, 0.1) is 28.8 Å². The number of nitrogens with one attached hydrogen (secondary N) is 1. The van der Waals surface area contributed by atoms with Gasteiger partial charge in [-0.1, -0.05) is 29.8 Å². The van der Waals surface area contributed by atoms with Gasteiger partial charge in [0.2, 0.25) is 5.91 Å². The van der Waals surface area contributed by atoms with Crippen molar-refractivity contribution >= 4 is 16.8 Å². The van der Waals surface area contributed by atoms with Crippen LogP contribution in [0.25, 0.3) is 10.9 Å². The second-order valence-corrected chi connectivity index (χ2v) is 6.28. The van der Waals surface area contributed by atoms with Gasteiger partial charge in [-0.3, -0.25) is 14.3 Å². The number of aromatic nitrogens is 4. The third-order valence-corrected chi connectivity index (χ3v) is 4.27. The molecule has 3 aromatic rings. The van der Waals surface area contributed by atoms with Crippen molar-refractivity contribution in [1.29, 1.82) is 0 Å². The van der Waals surface area contributed by atoms with E-state index in [2.05, 4.69) is 15.5 Å². The molecule has 0 fully saturated rings. The van der Waals surface area contributed by atoms with Gasteiger partial charge in [-0.05, 0) is 26.3 Å². The van der Waals surface area contributed by atoms with Crippen molar-refractivity contribution in [2.24, 2.45) is 7.05 Å². The molecule has 0 bridgehead atoms. The first-order valence-corrected chi connectivity index (χ1v) is 8.12. The first-order chi connectivity index (χ1) is 11.9. The van der Waals surface area contributed by atoms with Crippen LogP contribution in [0.2, 0.25) is 0 Å². The zero-order chi connectivity index (χ0) is 18.1. The molecular formula is C18H21N5O2. The summed E-state index contributed by atoms with van der Waals surface area (Å²) < 4.78 is 2.81. The average molecular weight is 339 g/mol. The maximum absolute atomic E-state index is 12.5. The van der Waals surface area contributed by atoms with E-state index in [1.807, 2.05) is 38.1 Å². The highest BCUT2D eigenvalue weighted by Gasteiger charge is 2.15. The highest BCUT2D eigenvalue weighted by molar-refractivity contribution is 5.80. The van der Waals surface area contributed by atoms with E-state index in [4.69, 9.17) is 0 Å². The number of rotatable bonds is 4. The summed E-state index contributed by atoms with van der Waals surface area (Å²) in [5, 5.41) is 11.7. The van der Waals surface area contributed by atoms with E-state index in [0.29, 0.717) is 16.6 Å². The van der Waals surface area contributed by atoms with Gasteiger partial charge in [0.25, 0.3) is 5.56 Å². The maximum atomic E-state index is 12.5. The van der Waals surface area contributed by atoms with Crippen LogP contribution in [0.5, 0.6) is 0 Å². The number of carbonyl (C=O) groups excluding carboxylic acids is 1. The Morgan fingerprint density at radius 3 is 2.60 bits per heavy atom. The Bertz CT molecular complexity index is 985. The highest BCUT2D eigenvalue weighted by atomic mass is 16.2. The summed E-state index contributed by atoms with van der Waals surface area (Å²) in [5.74, 6) is -0.259. The largest absolute Gasteiger partial charge is 0.348 e. The molecule has 7 nitrogen and oxygen atoms in total. The Balaban J connectivity index is 1.79. The van der Waals surface area contributed by atoms with Crippen molar-refractivity contribution in [2.45, 2.75) is 33.4 Å². The predicted octanol–water partition coefficient (Wildman–Crippen LogP) is 1.62. The summed E-state index contributed by atoms with van der Waals surface area (Å²) >= 11 is 0. The van der Waals surface area contributed by atoms with Crippen LogP contribution in [0.1, 0.15) is 29.8 Å². The second-order valence-electron chi connectivity index (χ2n) is 6.28. The summed E-state index contributed by atoms with van der Waals surface area (Å²) in [5.41, 5.74) is 3.21. The fraction of sp³-hybridized carbons (Fsp3) is 0.333. The third-order valence-electron chi connectivity index (χ3n) is 4.27. The van der Waals surface area contributed by atoms with Crippen LogP contribution < -0.4 is 10.9 Å². The standard InChI is InChI=1S/C18H21N5O2/c1-11-5-7-14(8-6-11)12(2)20-16(24)10-23-18(25)15-9-19-22(4)17(15)13(3)21-23/h5-9,12H,10H2,1-4H3,(H,20,24)/t12-/m0/s1. The maximum Gasteiger partial charge on any atom is 0.278 e. The molecule has 0 radical (unpaired) electrons. The molecule has 130 valence electrons. The van der Waals surface area contributed by atoms with E-state index in [1.165, 1.54) is 16.4 Å². The van der Waals surface area contributed by atoms with Crippen molar-refractivity contribution < 1.29 is 4.79 Å². The van der Waals surface area contributed by atoms with E-state index < -0.39 is 0 Å². The molecule has 0 aliphatic heterocycles. The van der Waals surface area contributed by atoms with Crippen LogP contribution in [-0.4, -0.2) is 25.5 Å². The topological polar surface area (TPSA) is 81.8 Å². The van der Waals surface area contributed by atoms with E-state index in [9.17, 15) is 9.59 Å².